The van der Waals surface area contributed by atoms with Crippen LogP contribution in [0.2, 0.25) is 0 Å². The summed E-state index contributed by atoms with van der Waals surface area (Å²) in [6.07, 6.45) is 2.55. The number of nitrogens with zero attached hydrogens (tertiary/aromatic N) is 2. The Morgan fingerprint density at radius 2 is 1.73 bits per heavy atom. The van der Waals surface area contributed by atoms with Crippen LogP contribution in [0.15, 0.2) is 72.8 Å². The number of amides is 1. The lowest BCUT2D eigenvalue weighted by Crippen LogP contribution is -2.41. The van der Waals surface area contributed by atoms with Gasteiger partial charge in [-0.15, -0.1) is 0 Å². The van der Waals surface area contributed by atoms with Gasteiger partial charge in [-0.05, 0) is 41.8 Å². The van der Waals surface area contributed by atoms with Gasteiger partial charge in [-0.25, -0.2) is 4.98 Å². The first kappa shape index (κ1) is 21.5. The molecule has 4 aromatic rings. The highest BCUT2D eigenvalue weighted by molar-refractivity contribution is 7.20. The van der Waals surface area contributed by atoms with Crippen molar-refractivity contribution in [1.29, 1.82) is 0 Å². The third-order valence-corrected chi connectivity index (χ3v) is 6.95. The molecule has 0 spiro atoms. The monoisotopic (exact) mass is 458 g/mol. The van der Waals surface area contributed by atoms with E-state index in [0.717, 1.165) is 40.8 Å². The minimum Gasteiger partial charge on any atom is -0.497 e. The van der Waals surface area contributed by atoms with Gasteiger partial charge >= 0.3 is 0 Å². The number of piperidine rings is 1. The van der Waals surface area contributed by atoms with Gasteiger partial charge in [0.25, 0.3) is 11.1 Å². The Hall–Kier alpha value is -3.38. The van der Waals surface area contributed by atoms with Crippen LogP contribution in [0.3, 0.4) is 0 Å². The standard InChI is InChI=1S/C27H26N2O3S/c1-31-23-11-12-25-24(18-23)28-27(33-25)32-22-13-15-29(16-14-22)26(30)21-9-7-20(8-10-21)17-19-5-3-2-4-6-19/h2-12,18,22H,13-17H2,1H3. The molecule has 168 valence electrons. The van der Waals surface area contributed by atoms with Crippen molar-refractivity contribution in [3.8, 4) is 10.9 Å². The first-order valence-electron chi connectivity index (χ1n) is 11.2. The topological polar surface area (TPSA) is 51.7 Å². The number of rotatable bonds is 6. The van der Waals surface area contributed by atoms with Gasteiger partial charge in [0, 0.05) is 37.6 Å². The molecule has 33 heavy (non-hydrogen) atoms. The lowest BCUT2D eigenvalue weighted by molar-refractivity contribution is 0.0595. The normalized spacial score (nSPS) is 14.4. The molecule has 3 aromatic carbocycles. The van der Waals surface area contributed by atoms with E-state index in [9.17, 15) is 4.79 Å². The quantitative estimate of drug-likeness (QED) is 0.379. The molecule has 2 heterocycles. The van der Waals surface area contributed by atoms with Crippen LogP contribution in [0.1, 0.15) is 34.3 Å². The van der Waals surface area contributed by atoms with Gasteiger partial charge in [-0.1, -0.05) is 53.8 Å². The number of hydrogen-bond acceptors (Lipinski definition) is 5. The van der Waals surface area contributed by atoms with Crippen LogP contribution in [0.25, 0.3) is 10.2 Å². The minimum absolute atomic E-state index is 0.0738. The second-order valence-electron chi connectivity index (χ2n) is 8.28. The second kappa shape index (κ2) is 9.63. The highest BCUT2D eigenvalue weighted by atomic mass is 32.1. The Morgan fingerprint density at radius 1 is 1.00 bits per heavy atom. The Labute approximate surface area is 197 Å². The van der Waals surface area contributed by atoms with Gasteiger partial charge in [0.05, 0.1) is 17.3 Å². The molecule has 5 nitrogen and oxygen atoms in total. The van der Waals surface area contributed by atoms with Gasteiger partial charge in [0.1, 0.15) is 11.9 Å². The van der Waals surface area contributed by atoms with Crippen LogP contribution in [-0.2, 0) is 6.42 Å². The highest BCUT2D eigenvalue weighted by Gasteiger charge is 2.25. The van der Waals surface area contributed by atoms with Crippen molar-refractivity contribution in [2.75, 3.05) is 20.2 Å². The van der Waals surface area contributed by atoms with Crippen LogP contribution >= 0.6 is 11.3 Å². The van der Waals surface area contributed by atoms with E-state index in [0.29, 0.717) is 18.3 Å². The number of hydrogen-bond donors (Lipinski definition) is 0. The fraction of sp³-hybridized carbons (Fsp3) is 0.259. The zero-order chi connectivity index (χ0) is 22.6. The number of carbonyl (C=O) groups is 1. The zero-order valence-electron chi connectivity index (χ0n) is 18.6. The maximum atomic E-state index is 13.0. The van der Waals surface area contributed by atoms with E-state index < -0.39 is 0 Å². The Bertz CT molecular complexity index is 1230. The number of methoxy groups -OCH3 is 1. The van der Waals surface area contributed by atoms with Gasteiger partial charge in [0.2, 0.25) is 0 Å². The minimum atomic E-state index is 0.0738. The average Bonchev–Trinajstić information content (AvgIpc) is 3.26. The molecule has 1 saturated heterocycles. The lowest BCUT2D eigenvalue weighted by atomic mass is 10.0. The third-order valence-electron chi connectivity index (χ3n) is 6.02. The molecule has 1 amide bonds. The number of aromatic nitrogens is 1. The smallest absolute Gasteiger partial charge is 0.274 e. The Kier molecular flexibility index (Phi) is 6.26. The third kappa shape index (κ3) is 5.01. The van der Waals surface area contributed by atoms with E-state index in [-0.39, 0.29) is 12.0 Å². The zero-order valence-corrected chi connectivity index (χ0v) is 19.4. The largest absolute Gasteiger partial charge is 0.497 e. The van der Waals surface area contributed by atoms with E-state index in [1.165, 1.54) is 11.1 Å². The predicted octanol–water partition coefficient (Wildman–Crippen LogP) is 5.58. The summed E-state index contributed by atoms with van der Waals surface area (Å²) in [7, 11) is 1.65. The van der Waals surface area contributed by atoms with Crippen LogP contribution < -0.4 is 9.47 Å². The summed E-state index contributed by atoms with van der Waals surface area (Å²) in [5, 5.41) is 0.678. The van der Waals surface area contributed by atoms with Crippen molar-refractivity contribution in [2.24, 2.45) is 0 Å². The van der Waals surface area contributed by atoms with Gasteiger partial charge in [0.15, 0.2) is 0 Å². The van der Waals surface area contributed by atoms with Crippen molar-refractivity contribution in [3.63, 3.8) is 0 Å². The van der Waals surface area contributed by atoms with Crippen molar-refractivity contribution < 1.29 is 14.3 Å². The maximum Gasteiger partial charge on any atom is 0.274 e. The number of carbonyl (C=O) groups excluding carboxylic acids is 1. The first-order valence-corrected chi connectivity index (χ1v) is 12.0. The molecule has 1 aliphatic heterocycles. The molecule has 0 saturated carbocycles. The molecular formula is C27H26N2O3S. The van der Waals surface area contributed by atoms with E-state index in [4.69, 9.17) is 9.47 Å². The number of fused-ring (bicyclic) bond motifs is 1. The van der Waals surface area contributed by atoms with Gasteiger partial charge in [-0.3, -0.25) is 4.79 Å². The van der Waals surface area contributed by atoms with E-state index in [1.54, 1.807) is 18.4 Å². The molecular weight excluding hydrogens is 432 g/mol. The SMILES string of the molecule is COc1ccc2sc(OC3CCN(C(=O)c4ccc(Cc5ccccc5)cc4)CC3)nc2c1. The molecule has 1 aromatic heterocycles. The van der Waals surface area contributed by atoms with Crippen molar-refractivity contribution in [2.45, 2.75) is 25.4 Å². The van der Waals surface area contributed by atoms with Crippen molar-refractivity contribution >= 4 is 27.5 Å². The summed E-state index contributed by atoms with van der Waals surface area (Å²) in [5.41, 5.74) is 4.10. The Morgan fingerprint density at radius 3 is 2.45 bits per heavy atom. The number of thiazole rings is 1. The summed E-state index contributed by atoms with van der Waals surface area (Å²) < 4.78 is 12.5. The number of likely N-dealkylation sites (tertiary alicyclic amines) is 1. The maximum absolute atomic E-state index is 13.0. The average molecular weight is 459 g/mol. The molecule has 6 heteroatoms. The van der Waals surface area contributed by atoms with E-state index in [1.807, 2.05) is 41.3 Å². The van der Waals surface area contributed by atoms with Gasteiger partial charge in [-0.2, -0.15) is 0 Å². The van der Waals surface area contributed by atoms with Crippen LogP contribution in [0.5, 0.6) is 10.9 Å². The summed E-state index contributed by atoms with van der Waals surface area (Å²) >= 11 is 1.55. The molecule has 0 aliphatic carbocycles. The predicted molar refractivity (Wildman–Crippen MR) is 131 cm³/mol. The fourth-order valence-electron chi connectivity index (χ4n) is 4.16. The molecule has 1 aliphatic rings. The van der Waals surface area contributed by atoms with E-state index in [2.05, 4.69) is 41.4 Å². The van der Waals surface area contributed by atoms with Crippen LogP contribution in [-0.4, -0.2) is 42.1 Å². The molecule has 0 unspecified atom stereocenters. The molecule has 0 bridgehead atoms. The summed E-state index contributed by atoms with van der Waals surface area (Å²) in [5.74, 6) is 0.881. The van der Waals surface area contributed by atoms with Crippen molar-refractivity contribution in [3.05, 3.63) is 89.5 Å². The number of ether oxygens (including phenoxy) is 2. The van der Waals surface area contributed by atoms with Gasteiger partial charge < -0.3 is 14.4 Å². The summed E-state index contributed by atoms with van der Waals surface area (Å²) in [4.78, 5) is 19.5. The Balaban J connectivity index is 1.15. The molecule has 5 rings (SSSR count). The van der Waals surface area contributed by atoms with Crippen LogP contribution in [0.4, 0.5) is 0 Å². The molecule has 0 atom stereocenters. The summed E-state index contributed by atoms with van der Waals surface area (Å²) in [6.45, 7) is 1.38. The fourth-order valence-corrected chi connectivity index (χ4v) is 5.02. The van der Waals surface area contributed by atoms with Crippen LogP contribution in [0, 0.1) is 0 Å². The summed E-state index contributed by atoms with van der Waals surface area (Å²) in [6, 6.07) is 24.2. The second-order valence-corrected chi connectivity index (χ2v) is 9.28. The van der Waals surface area contributed by atoms with Crippen molar-refractivity contribution in [1.82, 2.24) is 9.88 Å². The molecule has 0 radical (unpaired) electrons. The highest BCUT2D eigenvalue weighted by Crippen LogP contribution is 2.32. The lowest BCUT2D eigenvalue weighted by Gasteiger charge is -2.31. The first-order chi connectivity index (χ1) is 16.2. The van der Waals surface area contributed by atoms with E-state index >= 15 is 0 Å². The number of benzene rings is 3. The molecule has 0 N–H and O–H groups in total. The molecule has 1 fully saturated rings.